The summed E-state index contributed by atoms with van der Waals surface area (Å²) in [7, 11) is -0.101. The van der Waals surface area contributed by atoms with Crippen molar-refractivity contribution in [1.82, 2.24) is 4.31 Å². The Morgan fingerprint density at radius 2 is 1.46 bits per heavy atom. The van der Waals surface area contributed by atoms with Crippen LogP contribution in [0.2, 0.25) is 5.02 Å². The third kappa shape index (κ3) is 6.89. The van der Waals surface area contributed by atoms with Gasteiger partial charge in [-0.15, -0.1) is 0 Å². The summed E-state index contributed by atoms with van der Waals surface area (Å²) in [5.74, 6) is -0.875. The number of ether oxygens (including phenoxy) is 3. The van der Waals surface area contributed by atoms with E-state index in [1.807, 2.05) is 6.92 Å². The third-order valence-electron chi connectivity index (χ3n) is 6.00. The van der Waals surface area contributed by atoms with Crippen molar-refractivity contribution in [2.45, 2.75) is 32.2 Å². The number of hydrogen-bond acceptors (Lipinski definition) is 7. The first-order valence-electron chi connectivity index (χ1n) is 11.9. The summed E-state index contributed by atoms with van der Waals surface area (Å²) in [5, 5.41) is 3.14. The molecule has 1 amide bonds. The van der Waals surface area contributed by atoms with Crippen LogP contribution in [0.25, 0.3) is 0 Å². The molecule has 0 spiro atoms. The van der Waals surface area contributed by atoms with Crippen LogP contribution in [0, 0.1) is 20.8 Å². The van der Waals surface area contributed by atoms with E-state index >= 15 is 0 Å². The maximum atomic E-state index is 14.0. The average molecular weight is 575 g/mol. The molecule has 11 heteroatoms. The zero-order chi connectivity index (χ0) is 28.9. The van der Waals surface area contributed by atoms with E-state index in [1.165, 1.54) is 33.5 Å². The van der Waals surface area contributed by atoms with E-state index in [1.54, 1.807) is 50.2 Å². The summed E-state index contributed by atoms with van der Waals surface area (Å²) in [5.41, 5.74) is 2.80. The molecule has 0 fully saturated rings. The Morgan fingerprint density at radius 3 is 2.00 bits per heavy atom. The molecule has 3 aromatic carbocycles. The Hall–Kier alpha value is -3.60. The largest absolute Gasteiger partial charge is 0.493 e. The molecule has 3 aromatic rings. The van der Waals surface area contributed by atoms with Gasteiger partial charge in [0, 0.05) is 23.7 Å². The second kappa shape index (κ2) is 12.5. The van der Waals surface area contributed by atoms with Crippen molar-refractivity contribution >= 4 is 39.2 Å². The van der Waals surface area contributed by atoms with Gasteiger partial charge in [-0.25, -0.2) is 13.2 Å². The molecule has 0 aliphatic carbocycles. The number of nitrogens with zero attached hydrogens (tertiary/aromatic N) is 1. The van der Waals surface area contributed by atoms with Gasteiger partial charge in [0.1, 0.15) is 0 Å². The highest BCUT2D eigenvalue weighted by Gasteiger charge is 2.30. The van der Waals surface area contributed by atoms with E-state index in [-0.39, 0.29) is 34.2 Å². The average Bonchev–Trinajstić information content (AvgIpc) is 2.87. The lowest BCUT2D eigenvalue weighted by Gasteiger charge is -2.24. The fraction of sp³-hybridized carbons (Fsp3) is 0.286. The van der Waals surface area contributed by atoms with Gasteiger partial charge in [0.25, 0.3) is 0 Å². The van der Waals surface area contributed by atoms with Crippen molar-refractivity contribution < 1.29 is 32.2 Å². The van der Waals surface area contributed by atoms with Gasteiger partial charge in [-0.3, -0.25) is 4.79 Å². The summed E-state index contributed by atoms with van der Waals surface area (Å²) < 4.78 is 44.4. The van der Waals surface area contributed by atoms with Crippen molar-refractivity contribution in [1.29, 1.82) is 0 Å². The number of carbonyl (C=O) groups excluding carboxylic acids is 2. The van der Waals surface area contributed by atoms with Gasteiger partial charge < -0.3 is 19.5 Å². The summed E-state index contributed by atoms with van der Waals surface area (Å²) in [4.78, 5) is 25.9. The van der Waals surface area contributed by atoms with Crippen molar-refractivity contribution in [3.63, 3.8) is 0 Å². The van der Waals surface area contributed by atoms with Crippen molar-refractivity contribution in [2.24, 2.45) is 0 Å². The summed E-state index contributed by atoms with van der Waals surface area (Å²) >= 11 is 6.01. The van der Waals surface area contributed by atoms with E-state index in [2.05, 4.69) is 5.32 Å². The number of sulfonamides is 1. The lowest BCUT2D eigenvalue weighted by Crippen LogP contribution is -2.38. The molecule has 39 heavy (non-hydrogen) atoms. The Labute approximate surface area is 233 Å². The van der Waals surface area contributed by atoms with Crippen LogP contribution < -0.4 is 14.8 Å². The quantitative estimate of drug-likeness (QED) is 0.343. The van der Waals surface area contributed by atoms with Crippen molar-refractivity contribution in [3.05, 3.63) is 81.4 Å². The molecule has 0 bridgehead atoms. The Morgan fingerprint density at radius 1 is 0.897 bits per heavy atom. The highest BCUT2D eigenvalue weighted by molar-refractivity contribution is 7.89. The molecule has 1 N–H and O–H groups in total. The van der Waals surface area contributed by atoms with Crippen molar-refractivity contribution in [3.8, 4) is 11.5 Å². The van der Waals surface area contributed by atoms with E-state index in [0.29, 0.717) is 21.7 Å². The van der Waals surface area contributed by atoms with Crippen LogP contribution in [0.3, 0.4) is 0 Å². The maximum Gasteiger partial charge on any atom is 0.340 e. The first-order valence-corrected chi connectivity index (χ1v) is 13.7. The molecule has 0 unspecified atom stereocenters. The molecule has 3 rings (SSSR count). The van der Waals surface area contributed by atoms with Crippen LogP contribution in [0.15, 0.2) is 53.4 Å². The van der Waals surface area contributed by atoms with E-state index in [9.17, 15) is 18.0 Å². The fourth-order valence-corrected chi connectivity index (χ4v) is 6.26. The third-order valence-corrected chi connectivity index (χ3v) is 8.35. The van der Waals surface area contributed by atoms with Gasteiger partial charge in [-0.05, 0) is 49.6 Å². The number of esters is 1. The Kier molecular flexibility index (Phi) is 9.60. The van der Waals surface area contributed by atoms with Crippen LogP contribution in [0.1, 0.15) is 32.6 Å². The van der Waals surface area contributed by atoms with Gasteiger partial charge in [0.15, 0.2) is 11.5 Å². The highest BCUT2D eigenvalue weighted by atomic mass is 35.5. The number of methoxy groups -OCH3 is 3. The molecule has 0 heterocycles. The molecule has 0 atom stereocenters. The normalized spacial score (nSPS) is 11.3. The molecule has 0 aliphatic heterocycles. The van der Waals surface area contributed by atoms with Gasteiger partial charge in [-0.1, -0.05) is 41.4 Å². The topological polar surface area (TPSA) is 111 Å². The highest BCUT2D eigenvalue weighted by Crippen LogP contribution is 2.34. The van der Waals surface area contributed by atoms with Gasteiger partial charge in [0.05, 0.1) is 44.0 Å². The molecule has 9 nitrogen and oxygen atoms in total. The molecular weight excluding hydrogens is 544 g/mol. The van der Waals surface area contributed by atoms with Gasteiger partial charge in [-0.2, -0.15) is 4.31 Å². The second-order valence-electron chi connectivity index (χ2n) is 8.92. The van der Waals surface area contributed by atoms with E-state index in [0.717, 1.165) is 9.87 Å². The molecule has 0 radical (unpaired) electrons. The number of carbonyl (C=O) groups is 2. The van der Waals surface area contributed by atoms with Crippen LogP contribution in [0.4, 0.5) is 5.69 Å². The number of benzene rings is 3. The fourth-order valence-electron chi connectivity index (χ4n) is 4.33. The molecule has 0 saturated heterocycles. The van der Waals surface area contributed by atoms with Crippen LogP contribution >= 0.6 is 11.6 Å². The molecule has 0 saturated carbocycles. The summed E-state index contributed by atoms with van der Waals surface area (Å²) in [6, 6.07) is 13.0. The predicted molar refractivity (Wildman–Crippen MR) is 149 cm³/mol. The Bertz CT molecular complexity index is 1470. The number of halogens is 1. The molecular formula is C28H31ClN2O7S. The summed E-state index contributed by atoms with van der Waals surface area (Å²) in [6.07, 6.45) is 0. The zero-order valence-corrected chi connectivity index (χ0v) is 24.2. The van der Waals surface area contributed by atoms with E-state index in [4.69, 9.17) is 25.8 Å². The lowest BCUT2D eigenvalue weighted by atomic mass is 10.1. The molecule has 208 valence electrons. The van der Waals surface area contributed by atoms with Gasteiger partial charge >= 0.3 is 5.97 Å². The number of hydrogen-bond donors (Lipinski definition) is 1. The smallest absolute Gasteiger partial charge is 0.340 e. The minimum Gasteiger partial charge on any atom is -0.493 e. The summed E-state index contributed by atoms with van der Waals surface area (Å²) in [6.45, 7) is 4.71. The minimum atomic E-state index is -4.13. The number of anilines is 1. The predicted octanol–water partition coefficient (Wildman–Crippen LogP) is 4.90. The molecule has 0 aromatic heterocycles. The van der Waals surface area contributed by atoms with Crippen LogP contribution in [0.5, 0.6) is 11.5 Å². The number of rotatable bonds is 10. The first-order chi connectivity index (χ1) is 18.4. The van der Waals surface area contributed by atoms with Crippen LogP contribution in [-0.4, -0.2) is 52.5 Å². The van der Waals surface area contributed by atoms with Crippen molar-refractivity contribution in [2.75, 3.05) is 33.2 Å². The minimum absolute atomic E-state index is 0.0147. The first kappa shape index (κ1) is 29.9. The van der Waals surface area contributed by atoms with E-state index < -0.39 is 28.4 Å². The zero-order valence-electron chi connectivity index (χ0n) is 22.6. The number of nitrogens with one attached hydrogen (secondary N) is 1. The second-order valence-corrected chi connectivity index (χ2v) is 11.2. The number of amides is 1. The van der Waals surface area contributed by atoms with Crippen LogP contribution in [-0.2, 0) is 26.1 Å². The SMILES string of the molecule is COC(=O)c1cc(OC)c(OC)cc1NC(=O)CN(Cc1ccc(Cl)cc1)S(=O)(=O)c1c(C)cc(C)cc1C. The van der Waals surface area contributed by atoms with Gasteiger partial charge in [0.2, 0.25) is 15.9 Å². The lowest BCUT2D eigenvalue weighted by molar-refractivity contribution is -0.116. The standard InChI is InChI=1S/C28H31ClN2O7S/c1-17-11-18(2)27(19(3)12-17)39(34,35)31(15-20-7-9-21(29)10-8-20)16-26(32)30-23-14-25(37-5)24(36-4)13-22(23)28(33)38-6/h7-14H,15-16H2,1-6H3,(H,30,32). The number of aryl methyl sites for hydroxylation is 3. The molecule has 0 aliphatic rings. The monoisotopic (exact) mass is 574 g/mol. The Balaban J connectivity index is 2.03. The maximum absolute atomic E-state index is 14.0.